The Hall–Kier alpha value is -2.98. The molecule has 0 saturated carbocycles. The maximum Gasteiger partial charge on any atom is 0.270 e. The summed E-state index contributed by atoms with van der Waals surface area (Å²) in [5.41, 5.74) is 0. The number of aromatic nitrogens is 4. The van der Waals surface area contributed by atoms with Gasteiger partial charge in [-0.3, -0.25) is 10.1 Å². The molecule has 0 radical (unpaired) electrons. The van der Waals surface area contributed by atoms with Crippen molar-refractivity contribution in [3.05, 3.63) is 53.2 Å². The van der Waals surface area contributed by atoms with Gasteiger partial charge >= 0.3 is 0 Å². The van der Waals surface area contributed by atoms with Gasteiger partial charge in [-0.25, -0.2) is 4.39 Å². The van der Waals surface area contributed by atoms with Crippen molar-refractivity contribution in [1.82, 2.24) is 20.6 Å². The van der Waals surface area contributed by atoms with E-state index in [4.69, 9.17) is 4.74 Å². The van der Waals surface area contributed by atoms with Crippen LogP contribution >= 0.6 is 23.1 Å². The van der Waals surface area contributed by atoms with Crippen LogP contribution in [-0.4, -0.2) is 33.6 Å². The second kappa shape index (κ2) is 7.33. The predicted octanol–water partition coefficient (Wildman–Crippen LogP) is 3.97. The van der Waals surface area contributed by atoms with Crippen LogP contribution in [0.25, 0.3) is 10.1 Å². The maximum absolute atomic E-state index is 14.1. The minimum atomic E-state index is -0.479. The molecule has 1 amide bonds. The second-order valence-electron chi connectivity index (χ2n) is 5.35. The number of benzene rings is 2. The van der Waals surface area contributed by atoms with Gasteiger partial charge in [-0.2, -0.15) is 5.21 Å². The van der Waals surface area contributed by atoms with E-state index in [0.29, 0.717) is 14.5 Å². The molecule has 27 heavy (non-hydrogen) atoms. The first-order chi connectivity index (χ1) is 13.2. The number of halogens is 1. The normalized spacial score (nSPS) is 10.9. The van der Waals surface area contributed by atoms with Crippen LogP contribution in [0, 0.1) is 5.82 Å². The number of tetrazole rings is 1. The summed E-state index contributed by atoms with van der Waals surface area (Å²) in [6, 6.07) is 12.6. The van der Waals surface area contributed by atoms with Crippen molar-refractivity contribution in [2.24, 2.45) is 0 Å². The number of carbonyl (C=O) groups excluding carboxylic acids is 1. The van der Waals surface area contributed by atoms with Crippen LogP contribution in [-0.2, 0) is 0 Å². The first-order valence-corrected chi connectivity index (χ1v) is 9.36. The number of amides is 1. The molecule has 4 aromatic rings. The molecule has 2 aromatic heterocycles. The summed E-state index contributed by atoms with van der Waals surface area (Å²) in [5.74, 6) is -0.680. The maximum atomic E-state index is 14.1. The summed E-state index contributed by atoms with van der Waals surface area (Å²) < 4.78 is 19.9. The van der Waals surface area contributed by atoms with E-state index in [9.17, 15) is 9.18 Å². The van der Waals surface area contributed by atoms with Crippen molar-refractivity contribution in [2.45, 2.75) is 9.79 Å². The van der Waals surface area contributed by atoms with Crippen molar-refractivity contribution in [2.75, 3.05) is 12.4 Å². The fourth-order valence-electron chi connectivity index (χ4n) is 2.46. The van der Waals surface area contributed by atoms with Gasteiger partial charge in [0.25, 0.3) is 11.9 Å². The molecule has 4 rings (SSSR count). The first kappa shape index (κ1) is 17.4. The Balaban J connectivity index is 1.83. The van der Waals surface area contributed by atoms with E-state index in [-0.39, 0.29) is 11.7 Å². The van der Waals surface area contributed by atoms with Crippen LogP contribution in [0.5, 0.6) is 5.75 Å². The van der Waals surface area contributed by atoms with Crippen LogP contribution < -0.4 is 10.1 Å². The van der Waals surface area contributed by atoms with Gasteiger partial charge in [-0.05, 0) is 29.5 Å². The zero-order chi connectivity index (χ0) is 18.8. The number of thiophene rings is 1. The minimum Gasteiger partial charge on any atom is -0.494 e. The standard InChI is InChI=1S/C17H12FN5O2S2/c1-25-12-7-10-13(8-11(12)18)27-15(16(24)19-17-20-22-23-21-17)14(10)26-9-5-3-2-4-6-9/h2-8H,1H3,(H2,19,20,21,22,23,24). The largest absolute Gasteiger partial charge is 0.494 e. The summed E-state index contributed by atoms with van der Waals surface area (Å²) in [6.45, 7) is 0. The molecule has 0 aliphatic rings. The van der Waals surface area contributed by atoms with Crippen molar-refractivity contribution < 1.29 is 13.9 Å². The highest BCUT2D eigenvalue weighted by Crippen LogP contribution is 2.43. The zero-order valence-corrected chi connectivity index (χ0v) is 15.5. The van der Waals surface area contributed by atoms with Crippen LogP contribution in [0.2, 0.25) is 0 Å². The number of nitrogens with zero attached hydrogens (tertiary/aromatic N) is 3. The number of rotatable bonds is 5. The summed E-state index contributed by atoms with van der Waals surface area (Å²) in [6.07, 6.45) is 0. The lowest BCUT2D eigenvalue weighted by Gasteiger charge is -2.06. The highest BCUT2D eigenvalue weighted by Gasteiger charge is 2.22. The Kier molecular flexibility index (Phi) is 4.73. The van der Waals surface area contributed by atoms with Crippen molar-refractivity contribution in [3.8, 4) is 5.75 Å². The van der Waals surface area contributed by atoms with E-state index in [1.165, 1.54) is 36.3 Å². The molecule has 0 bridgehead atoms. The van der Waals surface area contributed by atoms with E-state index in [2.05, 4.69) is 25.9 Å². The molecule has 0 fully saturated rings. The molecule has 7 nitrogen and oxygen atoms in total. The zero-order valence-electron chi connectivity index (χ0n) is 13.9. The smallest absolute Gasteiger partial charge is 0.270 e. The van der Waals surface area contributed by atoms with Gasteiger partial charge in [-0.15, -0.1) is 16.4 Å². The number of ether oxygens (including phenoxy) is 1. The third-order valence-electron chi connectivity index (χ3n) is 3.66. The summed E-state index contributed by atoms with van der Waals surface area (Å²) >= 11 is 2.62. The molecule has 0 spiro atoms. The number of fused-ring (bicyclic) bond motifs is 1. The van der Waals surface area contributed by atoms with Gasteiger partial charge < -0.3 is 4.74 Å². The van der Waals surface area contributed by atoms with Gasteiger partial charge in [-0.1, -0.05) is 35.1 Å². The van der Waals surface area contributed by atoms with Gasteiger partial charge in [0.15, 0.2) is 11.6 Å². The summed E-state index contributed by atoms with van der Waals surface area (Å²) in [7, 11) is 1.41. The summed E-state index contributed by atoms with van der Waals surface area (Å²) in [5, 5.41) is 16.5. The van der Waals surface area contributed by atoms with Crippen LogP contribution in [0.15, 0.2) is 52.3 Å². The number of methoxy groups -OCH3 is 1. The Morgan fingerprint density at radius 3 is 2.81 bits per heavy atom. The molecule has 2 aromatic carbocycles. The van der Waals surface area contributed by atoms with E-state index in [1.807, 2.05) is 30.3 Å². The minimum absolute atomic E-state index is 0.0666. The predicted molar refractivity (Wildman–Crippen MR) is 101 cm³/mol. The number of nitrogens with one attached hydrogen (secondary N) is 2. The quantitative estimate of drug-likeness (QED) is 0.526. The molecule has 0 atom stereocenters. The number of aromatic amines is 1. The SMILES string of the molecule is COc1cc2c(Sc3ccccc3)c(C(=O)Nc3nn[nH]n3)sc2cc1F. The Bertz CT molecular complexity index is 1100. The fraction of sp³-hybridized carbons (Fsp3) is 0.0588. The molecular formula is C17H12FN5O2S2. The lowest BCUT2D eigenvalue weighted by atomic mass is 10.2. The number of H-pyrrole nitrogens is 1. The molecule has 10 heteroatoms. The average molecular weight is 401 g/mol. The van der Waals surface area contributed by atoms with Crippen molar-refractivity contribution in [1.29, 1.82) is 0 Å². The molecule has 0 saturated heterocycles. The monoisotopic (exact) mass is 401 g/mol. The molecule has 0 aliphatic heterocycles. The topological polar surface area (TPSA) is 92.8 Å². The van der Waals surface area contributed by atoms with E-state index >= 15 is 0 Å². The average Bonchev–Trinajstić information content (AvgIpc) is 3.30. The van der Waals surface area contributed by atoms with Crippen molar-refractivity contribution >= 4 is 45.0 Å². The lowest BCUT2D eigenvalue weighted by Crippen LogP contribution is -2.12. The Labute approximate surface area is 160 Å². The molecule has 2 heterocycles. The molecule has 0 unspecified atom stereocenters. The van der Waals surface area contributed by atoms with Gasteiger partial charge in [0, 0.05) is 19.9 Å². The third kappa shape index (κ3) is 3.49. The molecule has 136 valence electrons. The van der Waals surface area contributed by atoms with Crippen LogP contribution in [0.4, 0.5) is 10.3 Å². The second-order valence-corrected chi connectivity index (χ2v) is 7.48. The molecular weight excluding hydrogens is 389 g/mol. The molecule has 2 N–H and O–H groups in total. The molecule has 0 aliphatic carbocycles. The van der Waals surface area contributed by atoms with Gasteiger partial charge in [0.2, 0.25) is 0 Å². The van der Waals surface area contributed by atoms with E-state index in [0.717, 1.165) is 10.3 Å². The number of hydrogen-bond acceptors (Lipinski definition) is 7. The third-order valence-corrected chi connectivity index (χ3v) is 6.07. The lowest BCUT2D eigenvalue weighted by molar-refractivity contribution is 0.102. The highest BCUT2D eigenvalue weighted by molar-refractivity contribution is 7.99. The van der Waals surface area contributed by atoms with Gasteiger partial charge in [0.05, 0.1) is 7.11 Å². The Morgan fingerprint density at radius 2 is 2.11 bits per heavy atom. The number of anilines is 1. The fourth-order valence-corrected chi connectivity index (χ4v) is 4.77. The van der Waals surface area contributed by atoms with Crippen LogP contribution in [0.3, 0.4) is 0 Å². The first-order valence-electron chi connectivity index (χ1n) is 7.73. The highest BCUT2D eigenvalue weighted by atomic mass is 32.2. The number of carbonyl (C=O) groups is 1. The summed E-state index contributed by atoms with van der Waals surface area (Å²) in [4.78, 5) is 14.9. The van der Waals surface area contributed by atoms with Gasteiger partial charge in [0.1, 0.15) is 4.88 Å². The number of hydrogen-bond donors (Lipinski definition) is 2. The van der Waals surface area contributed by atoms with E-state index < -0.39 is 11.7 Å². The Morgan fingerprint density at radius 1 is 1.30 bits per heavy atom. The van der Waals surface area contributed by atoms with E-state index in [1.54, 1.807) is 6.07 Å². The van der Waals surface area contributed by atoms with Crippen LogP contribution in [0.1, 0.15) is 9.67 Å². The van der Waals surface area contributed by atoms with Crippen molar-refractivity contribution in [3.63, 3.8) is 0 Å².